The number of nitrogens with one attached hydrogen (secondary N) is 1. The number of methoxy groups -OCH3 is 1. The number of nitrogens with zero attached hydrogens (tertiary/aromatic N) is 3. The Morgan fingerprint density at radius 3 is 2.73 bits per heavy atom. The minimum absolute atomic E-state index is 0.000746. The molecule has 3 heterocycles. The lowest BCUT2D eigenvalue weighted by Gasteiger charge is -2.40. The van der Waals surface area contributed by atoms with Gasteiger partial charge in [0.25, 0.3) is 0 Å². The average molecular weight is 412 g/mol. The van der Waals surface area contributed by atoms with Gasteiger partial charge in [-0.15, -0.1) is 0 Å². The van der Waals surface area contributed by atoms with Gasteiger partial charge in [-0.1, -0.05) is 12.1 Å². The zero-order valence-corrected chi connectivity index (χ0v) is 17.6. The van der Waals surface area contributed by atoms with E-state index in [-0.39, 0.29) is 29.8 Å². The summed E-state index contributed by atoms with van der Waals surface area (Å²) in [4.78, 5) is 34.4. The molecule has 160 valence electrons. The van der Waals surface area contributed by atoms with Gasteiger partial charge in [0, 0.05) is 32.6 Å². The smallest absolute Gasteiger partial charge is 0.237 e. The second-order valence-electron chi connectivity index (χ2n) is 7.94. The normalized spacial score (nSPS) is 24.0. The highest BCUT2D eigenvalue weighted by atomic mass is 16.5. The lowest BCUT2D eigenvalue weighted by atomic mass is 9.92. The van der Waals surface area contributed by atoms with E-state index in [2.05, 4.69) is 15.2 Å². The van der Waals surface area contributed by atoms with Crippen LogP contribution in [0.1, 0.15) is 36.5 Å². The number of oxazole rings is 1. The van der Waals surface area contributed by atoms with Crippen molar-refractivity contribution in [1.82, 2.24) is 20.1 Å². The lowest BCUT2D eigenvalue weighted by molar-refractivity contribution is -0.141. The van der Waals surface area contributed by atoms with Crippen molar-refractivity contribution in [3.8, 4) is 5.75 Å². The van der Waals surface area contributed by atoms with Crippen LogP contribution in [0, 0.1) is 12.8 Å². The number of carbonyl (C=O) groups excluding carboxylic acids is 2. The predicted octanol–water partition coefficient (Wildman–Crippen LogP) is 1.90. The molecule has 2 aliphatic rings. The highest BCUT2D eigenvalue weighted by molar-refractivity contribution is 5.85. The van der Waals surface area contributed by atoms with Crippen molar-refractivity contribution in [2.75, 3.05) is 26.7 Å². The summed E-state index contributed by atoms with van der Waals surface area (Å²) in [5.74, 6) is 1.13. The Morgan fingerprint density at radius 1 is 1.33 bits per heavy atom. The Kier molecular flexibility index (Phi) is 5.76. The van der Waals surface area contributed by atoms with Gasteiger partial charge in [0.15, 0.2) is 5.89 Å². The standard InChI is InChI=1S/C22H28N4O4/c1-4-23-22(28)19-9-17-11-25(10-16-13-30-14(2)24-16)12-20(27)26(17)21(19)15-5-7-18(29-3)8-6-15/h5-8,13,17,19,21H,4,9-12H2,1-3H3,(H,23,28)/t17-,19-,21-/m1/s1. The predicted molar refractivity (Wildman–Crippen MR) is 110 cm³/mol. The summed E-state index contributed by atoms with van der Waals surface area (Å²) in [5, 5.41) is 2.95. The van der Waals surface area contributed by atoms with Crippen molar-refractivity contribution in [2.45, 2.75) is 38.9 Å². The second-order valence-corrected chi connectivity index (χ2v) is 7.94. The summed E-state index contributed by atoms with van der Waals surface area (Å²) in [6.45, 7) is 5.86. The average Bonchev–Trinajstić information content (AvgIpc) is 3.32. The first-order chi connectivity index (χ1) is 14.5. The van der Waals surface area contributed by atoms with Gasteiger partial charge in [-0.05, 0) is 31.0 Å². The van der Waals surface area contributed by atoms with Gasteiger partial charge in [-0.3, -0.25) is 14.5 Å². The minimum Gasteiger partial charge on any atom is -0.497 e. The molecule has 0 saturated carbocycles. The summed E-state index contributed by atoms with van der Waals surface area (Å²) in [5.41, 5.74) is 1.78. The Bertz CT molecular complexity index is 910. The van der Waals surface area contributed by atoms with Crippen LogP contribution in [0.15, 0.2) is 34.9 Å². The molecule has 8 heteroatoms. The zero-order valence-electron chi connectivity index (χ0n) is 17.6. The molecule has 8 nitrogen and oxygen atoms in total. The maximum absolute atomic E-state index is 13.2. The topological polar surface area (TPSA) is 87.9 Å². The molecule has 0 unspecified atom stereocenters. The first kappa shape index (κ1) is 20.4. The molecular weight excluding hydrogens is 384 g/mol. The number of ether oxygens (including phenoxy) is 1. The van der Waals surface area contributed by atoms with Gasteiger partial charge in [0.1, 0.15) is 12.0 Å². The molecule has 2 fully saturated rings. The highest BCUT2D eigenvalue weighted by Crippen LogP contribution is 2.43. The van der Waals surface area contributed by atoms with Crippen LogP contribution in [-0.2, 0) is 16.1 Å². The van der Waals surface area contributed by atoms with Crippen molar-refractivity contribution in [1.29, 1.82) is 0 Å². The number of rotatable bonds is 6. The molecule has 2 saturated heterocycles. The molecule has 4 rings (SSSR count). The Labute approximate surface area is 176 Å². The summed E-state index contributed by atoms with van der Waals surface area (Å²) >= 11 is 0. The third-order valence-corrected chi connectivity index (χ3v) is 5.91. The molecule has 1 N–H and O–H groups in total. The lowest BCUT2D eigenvalue weighted by Crippen LogP contribution is -2.54. The van der Waals surface area contributed by atoms with Crippen LogP contribution in [0.5, 0.6) is 5.75 Å². The van der Waals surface area contributed by atoms with Gasteiger partial charge in [0.05, 0.1) is 31.3 Å². The van der Waals surface area contributed by atoms with Crippen LogP contribution in [0.2, 0.25) is 0 Å². The third kappa shape index (κ3) is 3.92. The van der Waals surface area contributed by atoms with Crippen LogP contribution in [-0.4, -0.2) is 59.4 Å². The van der Waals surface area contributed by atoms with Gasteiger partial charge < -0.3 is 19.4 Å². The number of aromatic nitrogens is 1. The number of fused-ring (bicyclic) bond motifs is 1. The largest absolute Gasteiger partial charge is 0.497 e. The van der Waals surface area contributed by atoms with Crippen LogP contribution < -0.4 is 10.1 Å². The Balaban J connectivity index is 1.59. The van der Waals surface area contributed by atoms with Crippen molar-refractivity contribution in [3.05, 3.63) is 47.7 Å². The molecule has 1 aromatic carbocycles. The van der Waals surface area contributed by atoms with Crippen LogP contribution in [0.3, 0.4) is 0 Å². The molecule has 0 spiro atoms. The number of amides is 2. The second kappa shape index (κ2) is 8.47. The van der Waals surface area contributed by atoms with Crippen LogP contribution >= 0.6 is 0 Å². The van der Waals surface area contributed by atoms with Crippen LogP contribution in [0.25, 0.3) is 0 Å². The zero-order chi connectivity index (χ0) is 21.3. The van der Waals surface area contributed by atoms with Crippen LogP contribution in [0.4, 0.5) is 0 Å². The minimum atomic E-state index is -0.276. The highest BCUT2D eigenvalue weighted by Gasteiger charge is 2.50. The molecule has 1 aromatic heterocycles. The first-order valence-electron chi connectivity index (χ1n) is 10.4. The van der Waals surface area contributed by atoms with Gasteiger partial charge in [0.2, 0.25) is 11.8 Å². The molecule has 2 amide bonds. The number of aryl methyl sites for hydroxylation is 1. The van der Waals surface area contributed by atoms with E-state index in [9.17, 15) is 9.59 Å². The molecule has 2 aliphatic heterocycles. The van der Waals surface area contributed by atoms with Gasteiger partial charge >= 0.3 is 0 Å². The maximum atomic E-state index is 13.2. The third-order valence-electron chi connectivity index (χ3n) is 5.91. The van der Waals surface area contributed by atoms with E-state index >= 15 is 0 Å². The molecule has 3 atom stereocenters. The number of hydrogen-bond acceptors (Lipinski definition) is 6. The molecular formula is C22H28N4O4. The monoisotopic (exact) mass is 412 g/mol. The Morgan fingerprint density at radius 2 is 2.10 bits per heavy atom. The number of carbonyl (C=O) groups is 2. The molecule has 30 heavy (non-hydrogen) atoms. The van der Waals surface area contributed by atoms with Crippen molar-refractivity contribution in [3.63, 3.8) is 0 Å². The number of piperazine rings is 1. The van der Waals surface area contributed by atoms with E-state index in [1.807, 2.05) is 36.1 Å². The van der Waals surface area contributed by atoms with E-state index in [1.54, 1.807) is 20.3 Å². The number of benzene rings is 1. The van der Waals surface area contributed by atoms with Crippen molar-refractivity contribution >= 4 is 11.8 Å². The van der Waals surface area contributed by atoms with Crippen molar-refractivity contribution in [2.24, 2.45) is 5.92 Å². The maximum Gasteiger partial charge on any atom is 0.237 e. The summed E-state index contributed by atoms with van der Waals surface area (Å²) in [6.07, 6.45) is 2.28. The summed E-state index contributed by atoms with van der Waals surface area (Å²) < 4.78 is 10.6. The Hall–Kier alpha value is -2.87. The fraction of sp³-hybridized carbons (Fsp3) is 0.500. The first-order valence-corrected chi connectivity index (χ1v) is 10.4. The SMILES string of the molecule is CCNC(=O)[C@@H]1C[C@@H]2CN(Cc3coc(C)n3)CC(=O)N2[C@@H]1c1ccc(OC)cc1. The van der Waals surface area contributed by atoms with Gasteiger partial charge in [-0.2, -0.15) is 0 Å². The summed E-state index contributed by atoms with van der Waals surface area (Å²) in [7, 11) is 1.62. The summed E-state index contributed by atoms with van der Waals surface area (Å²) in [6, 6.07) is 7.39. The molecule has 0 radical (unpaired) electrons. The van der Waals surface area contributed by atoms with E-state index < -0.39 is 0 Å². The van der Waals surface area contributed by atoms with E-state index in [4.69, 9.17) is 9.15 Å². The fourth-order valence-electron chi connectivity index (χ4n) is 4.69. The number of hydrogen-bond donors (Lipinski definition) is 1. The van der Waals surface area contributed by atoms with Gasteiger partial charge in [-0.25, -0.2) is 4.98 Å². The quantitative estimate of drug-likeness (QED) is 0.780. The molecule has 0 aliphatic carbocycles. The van der Waals surface area contributed by atoms with Crippen molar-refractivity contribution < 1.29 is 18.7 Å². The fourth-order valence-corrected chi connectivity index (χ4v) is 4.69. The van der Waals surface area contributed by atoms with E-state index in [0.717, 1.165) is 17.0 Å². The molecule has 2 aromatic rings. The van der Waals surface area contributed by atoms with E-state index in [0.29, 0.717) is 38.5 Å². The molecule has 0 bridgehead atoms. The van der Waals surface area contributed by atoms with E-state index in [1.165, 1.54) is 0 Å².